The first-order valence-corrected chi connectivity index (χ1v) is 18.3. The van der Waals surface area contributed by atoms with Crippen molar-refractivity contribution in [2.45, 2.75) is 0 Å². The topological polar surface area (TPSA) is 113 Å². The van der Waals surface area contributed by atoms with Crippen molar-refractivity contribution in [3.63, 3.8) is 0 Å². The van der Waals surface area contributed by atoms with E-state index in [0.717, 1.165) is 33.4 Å². The zero-order chi connectivity index (χ0) is 39.2. The van der Waals surface area contributed by atoms with Crippen LogP contribution in [0.4, 0.5) is 17.1 Å². The molecule has 0 aliphatic carbocycles. The van der Waals surface area contributed by atoms with Crippen molar-refractivity contribution < 1.29 is 14.4 Å². The quantitative estimate of drug-likeness (QED) is 0.108. The zero-order valence-corrected chi connectivity index (χ0v) is 30.7. The molecule has 0 bridgehead atoms. The highest BCUT2D eigenvalue weighted by Gasteiger charge is 2.12. The Hall–Kier alpha value is -7.97. The van der Waals surface area contributed by atoms with Gasteiger partial charge in [0.25, 0.3) is 0 Å². The molecule has 8 heteroatoms. The Morgan fingerprint density at radius 3 is 0.982 bits per heavy atom. The van der Waals surface area contributed by atoms with Gasteiger partial charge in [0.1, 0.15) is 0 Å². The molecule has 0 fully saturated rings. The average molecular weight is 744 g/mol. The molecule has 0 saturated carbocycles. The fourth-order valence-electron chi connectivity index (χ4n) is 5.78. The molecule has 0 unspecified atom stereocenters. The SMILES string of the molecule is O=C(/C=C\c1ccccc1)Nc1ccc(-c2nc(-c3ccc(NC(=O)/C=C/c4ccccc4)cc3)cc(-c3ccc(NC(=O)/C=C/c4ccccc4)cc3)n2)cc1. The maximum absolute atomic E-state index is 12.6. The molecule has 7 rings (SSSR count). The van der Waals surface area contributed by atoms with Gasteiger partial charge in [0, 0.05) is 52.0 Å². The molecule has 1 heterocycles. The number of aromatic nitrogens is 2. The van der Waals surface area contributed by atoms with Gasteiger partial charge < -0.3 is 16.0 Å². The van der Waals surface area contributed by atoms with Crippen LogP contribution in [0, 0.1) is 0 Å². The predicted molar refractivity (Wildman–Crippen MR) is 231 cm³/mol. The van der Waals surface area contributed by atoms with Crippen LogP contribution >= 0.6 is 0 Å². The van der Waals surface area contributed by atoms with Gasteiger partial charge in [0.15, 0.2) is 5.82 Å². The second kappa shape index (κ2) is 18.4. The molecular formula is C49H37N5O3. The van der Waals surface area contributed by atoms with Gasteiger partial charge in [-0.3, -0.25) is 14.4 Å². The van der Waals surface area contributed by atoms with E-state index < -0.39 is 0 Å². The van der Waals surface area contributed by atoms with Crippen LogP contribution in [-0.2, 0) is 14.4 Å². The van der Waals surface area contributed by atoms with E-state index in [1.54, 1.807) is 18.2 Å². The molecule has 3 N–H and O–H groups in total. The van der Waals surface area contributed by atoms with Crippen LogP contribution in [0.1, 0.15) is 16.7 Å². The Balaban J connectivity index is 1.11. The minimum Gasteiger partial charge on any atom is -0.323 e. The van der Waals surface area contributed by atoms with Crippen molar-refractivity contribution in [1.82, 2.24) is 9.97 Å². The van der Waals surface area contributed by atoms with E-state index in [4.69, 9.17) is 9.97 Å². The molecule has 0 aliphatic rings. The summed E-state index contributed by atoms with van der Waals surface area (Å²) in [6, 6.07) is 53.1. The average Bonchev–Trinajstić information content (AvgIpc) is 3.26. The van der Waals surface area contributed by atoms with E-state index in [9.17, 15) is 14.4 Å². The molecular weight excluding hydrogens is 707 g/mol. The zero-order valence-electron chi connectivity index (χ0n) is 30.7. The number of carbonyl (C=O) groups excluding carboxylic acids is 3. The number of anilines is 3. The highest BCUT2D eigenvalue weighted by molar-refractivity contribution is 6.03. The highest BCUT2D eigenvalue weighted by atomic mass is 16.2. The third kappa shape index (κ3) is 10.8. The van der Waals surface area contributed by atoms with Crippen molar-refractivity contribution in [2.75, 3.05) is 16.0 Å². The van der Waals surface area contributed by atoms with Gasteiger partial charge in [-0.05, 0) is 89.5 Å². The molecule has 8 nitrogen and oxygen atoms in total. The van der Waals surface area contributed by atoms with E-state index in [1.165, 1.54) is 18.2 Å². The molecule has 0 radical (unpaired) electrons. The molecule has 3 amide bonds. The largest absolute Gasteiger partial charge is 0.323 e. The van der Waals surface area contributed by atoms with E-state index in [-0.39, 0.29) is 17.7 Å². The van der Waals surface area contributed by atoms with Gasteiger partial charge in [-0.1, -0.05) is 115 Å². The molecule has 276 valence electrons. The third-order valence-corrected chi connectivity index (χ3v) is 8.71. The standard InChI is InChI=1S/C49H37N5O3/c55-46(31-16-35-10-4-1-5-11-35)50-41-25-19-38(20-26-41)44-34-45(39-21-27-42(28-22-39)51-47(56)32-17-36-12-6-2-7-13-36)54-49(53-44)40-23-29-43(30-24-40)52-48(57)33-18-37-14-8-3-9-15-37/h1-34H,(H,50,55)(H,51,56)(H,52,57)/b31-16+,32-17+,33-18-. The molecule has 6 aromatic carbocycles. The Bertz CT molecular complexity index is 2250. The summed E-state index contributed by atoms with van der Waals surface area (Å²) >= 11 is 0. The second-order valence-corrected chi connectivity index (χ2v) is 12.9. The summed E-state index contributed by atoms with van der Waals surface area (Å²) < 4.78 is 0. The number of rotatable bonds is 12. The van der Waals surface area contributed by atoms with Gasteiger partial charge in [0.2, 0.25) is 17.7 Å². The maximum atomic E-state index is 12.6. The summed E-state index contributed by atoms with van der Waals surface area (Å²) in [5.74, 6) is -0.240. The molecule has 0 atom stereocenters. The Labute approximate surface area is 331 Å². The summed E-state index contributed by atoms with van der Waals surface area (Å²) in [6.45, 7) is 0. The second-order valence-electron chi connectivity index (χ2n) is 12.9. The Morgan fingerprint density at radius 1 is 0.368 bits per heavy atom. The van der Waals surface area contributed by atoms with Crippen molar-refractivity contribution in [3.05, 3.63) is 205 Å². The number of nitrogens with one attached hydrogen (secondary N) is 3. The van der Waals surface area contributed by atoms with Crippen LogP contribution in [0.2, 0.25) is 0 Å². The lowest BCUT2D eigenvalue weighted by molar-refractivity contribution is -0.112. The predicted octanol–water partition coefficient (Wildman–Crippen LogP) is 10.4. The molecule has 0 spiro atoms. The van der Waals surface area contributed by atoms with Crippen LogP contribution in [-0.4, -0.2) is 27.7 Å². The van der Waals surface area contributed by atoms with E-state index in [2.05, 4.69) is 16.0 Å². The fraction of sp³-hybridized carbons (Fsp3) is 0. The summed E-state index contributed by atoms with van der Waals surface area (Å²) in [7, 11) is 0. The summed E-state index contributed by atoms with van der Waals surface area (Å²) in [5.41, 5.74) is 8.44. The van der Waals surface area contributed by atoms with Gasteiger partial charge >= 0.3 is 0 Å². The minimum absolute atomic E-state index is 0.239. The van der Waals surface area contributed by atoms with Crippen LogP contribution in [0.3, 0.4) is 0 Å². The first-order chi connectivity index (χ1) is 27.9. The summed E-state index contributed by atoms with van der Waals surface area (Å²) in [6.07, 6.45) is 9.79. The van der Waals surface area contributed by atoms with Crippen molar-refractivity contribution in [3.8, 4) is 33.9 Å². The number of carbonyl (C=O) groups is 3. The van der Waals surface area contributed by atoms with E-state index in [0.29, 0.717) is 34.3 Å². The first kappa shape index (κ1) is 37.3. The molecule has 0 saturated heterocycles. The molecule has 7 aromatic rings. The Kier molecular flexibility index (Phi) is 12.0. The van der Waals surface area contributed by atoms with E-state index >= 15 is 0 Å². The fourth-order valence-corrected chi connectivity index (χ4v) is 5.78. The lowest BCUT2D eigenvalue weighted by Gasteiger charge is -2.11. The number of hydrogen-bond donors (Lipinski definition) is 3. The first-order valence-electron chi connectivity index (χ1n) is 18.3. The lowest BCUT2D eigenvalue weighted by Crippen LogP contribution is -2.07. The van der Waals surface area contributed by atoms with Crippen LogP contribution < -0.4 is 16.0 Å². The maximum Gasteiger partial charge on any atom is 0.248 e. The minimum atomic E-state index is -0.245. The normalized spacial score (nSPS) is 11.2. The summed E-state index contributed by atoms with van der Waals surface area (Å²) in [5, 5.41) is 8.72. The molecule has 57 heavy (non-hydrogen) atoms. The number of hydrogen-bond acceptors (Lipinski definition) is 5. The monoisotopic (exact) mass is 743 g/mol. The third-order valence-electron chi connectivity index (χ3n) is 8.71. The number of amides is 3. The molecule has 1 aromatic heterocycles. The van der Waals surface area contributed by atoms with Crippen LogP contribution in [0.25, 0.3) is 52.1 Å². The Morgan fingerprint density at radius 2 is 0.667 bits per heavy atom. The van der Waals surface area contributed by atoms with Crippen LogP contribution in [0.15, 0.2) is 188 Å². The number of nitrogens with zero attached hydrogens (tertiary/aromatic N) is 2. The van der Waals surface area contributed by atoms with Gasteiger partial charge in [-0.15, -0.1) is 0 Å². The van der Waals surface area contributed by atoms with Gasteiger partial charge in [-0.2, -0.15) is 0 Å². The molecule has 0 aliphatic heterocycles. The smallest absolute Gasteiger partial charge is 0.248 e. The van der Waals surface area contributed by atoms with Crippen molar-refractivity contribution in [1.29, 1.82) is 0 Å². The summed E-state index contributed by atoms with van der Waals surface area (Å²) in [4.78, 5) is 47.7. The van der Waals surface area contributed by atoms with Crippen LogP contribution in [0.5, 0.6) is 0 Å². The van der Waals surface area contributed by atoms with Gasteiger partial charge in [-0.25, -0.2) is 9.97 Å². The van der Waals surface area contributed by atoms with Crippen molar-refractivity contribution in [2.24, 2.45) is 0 Å². The van der Waals surface area contributed by atoms with Gasteiger partial charge in [0.05, 0.1) is 11.4 Å². The highest BCUT2D eigenvalue weighted by Crippen LogP contribution is 2.29. The van der Waals surface area contributed by atoms with E-state index in [1.807, 2.05) is 170 Å². The van der Waals surface area contributed by atoms with Crippen molar-refractivity contribution >= 4 is 53.0 Å². The number of benzene rings is 6. The lowest BCUT2D eigenvalue weighted by atomic mass is 10.1.